The van der Waals surface area contributed by atoms with Gasteiger partial charge in [0.1, 0.15) is 5.82 Å². The highest BCUT2D eigenvalue weighted by molar-refractivity contribution is 7.89. The predicted octanol–water partition coefficient (Wildman–Crippen LogP) is 2.44. The van der Waals surface area contributed by atoms with Gasteiger partial charge in [0, 0.05) is 26.2 Å². The summed E-state index contributed by atoms with van der Waals surface area (Å²) in [7, 11) is -3.59. The molecule has 30 heavy (non-hydrogen) atoms. The number of rotatable bonds is 8. The van der Waals surface area contributed by atoms with E-state index in [1.807, 2.05) is 13.0 Å². The van der Waals surface area contributed by atoms with Gasteiger partial charge in [0.2, 0.25) is 15.9 Å². The van der Waals surface area contributed by atoms with Crippen molar-refractivity contribution in [2.75, 3.05) is 26.2 Å². The highest BCUT2D eigenvalue weighted by Crippen LogP contribution is 2.19. The van der Waals surface area contributed by atoms with Crippen LogP contribution in [0.1, 0.15) is 24.0 Å². The molecular weight excluding hydrogens is 405 g/mol. The third-order valence-electron chi connectivity index (χ3n) is 5.22. The summed E-state index contributed by atoms with van der Waals surface area (Å²) in [6.45, 7) is 4.34. The molecule has 0 aliphatic carbocycles. The topological polar surface area (TPSA) is 78.5 Å². The van der Waals surface area contributed by atoms with Gasteiger partial charge in [-0.15, -0.1) is 0 Å². The fourth-order valence-corrected chi connectivity index (χ4v) is 4.65. The Kier molecular flexibility index (Phi) is 7.58. The number of carbonyl (C=O) groups excluding carboxylic acids is 1. The van der Waals surface area contributed by atoms with Gasteiger partial charge in [-0.3, -0.25) is 9.69 Å². The molecule has 1 amide bonds. The molecule has 1 saturated heterocycles. The Morgan fingerprint density at radius 3 is 2.67 bits per heavy atom. The van der Waals surface area contributed by atoms with Crippen molar-refractivity contribution >= 4 is 15.9 Å². The molecule has 1 atom stereocenters. The van der Waals surface area contributed by atoms with Crippen LogP contribution in [0, 0.1) is 18.7 Å². The number of aryl methyl sites for hydroxylation is 1. The lowest BCUT2D eigenvalue weighted by molar-refractivity contribution is -0.126. The number of benzene rings is 2. The number of nitrogens with zero attached hydrogens (tertiary/aromatic N) is 1. The molecule has 3 rings (SSSR count). The largest absolute Gasteiger partial charge is 0.355 e. The van der Waals surface area contributed by atoms with Crippen LogP contribution in [0.2, 0.25) is 0 Å². The molecule has 0 bridgehead atoms. The lowest BCUT2D eigenvalue weighted by Gasteiger charge is -2.32. The van der Waals surface area contributed by atoms with Crippen LogP contribution in [0.3, 0.4) is 0 Å². The Balaban J connectivity index is 1.43. The number of nitrogens with one attached hydrogen (secondary N) is 2. The fraction of sp³-hybridized carbons (Fsp3) is 0.409. The summed E-state index contributed by atoms with van der Waals surface area (Å²) in [5.74, 6) is -0.485. The van der Waals surface area contributed by atoms with Crippen molar-refractivity contribution < 1.29 is 17.6 Å². The number of hydrogen-bond acceptors (Lipinski definition) is 4. The first kappa shape index (κ1) is 22.4. The van der Waals surface area contributed by atoms with Gasteiger partial charge in [0.05, 0.1) is 10.8 Å². The predicted molar refractivity (Wildman–Crippen MR) is 114 cm³/mol. The van der Waals surface area contributed by atoms with Crippen molar-refractivity contribution in [3.05, 3.63) is 65.5 Å². The Hall–Kier alpha value is -2.29. The number of carbonyl (C=O) groups is 1. The van der Waals surface area contributed by atoms with Gasteiger partial charge < -0.3 is 5.32 Å². The fourth-order valence-electron chi connectivity index (χ4n) is 3.62. The zero-order valence-electron chi connectivity index (χ0n) is 17.1. The smallest absolute Gasteiger partial charge is 0.240 e. The molecule has 1 aliphatic rings. The first-order valence-electron chi connectivity index (χ1n) is 10.1. The summed E-state index contributed by atoms with van der Waals surface area (Å²) >= 11 is 0. The van der Waals surface area contributed by atoms with Crippen LogP contribution in [0.5, 0.6) is 0 Å². The lowest BCUT2D eigenvalue weighted by atomic mass is 9.96. The van der Waals surface area contributed by atoms with E-state index in [-0.39, 0.29) is 35.6 Å². The van der Waals surface area contributed by atoms with Gasteiger partial charge >= 0.3 is 0 Å². The van der Waals surface area contributed by atoms with Crippen molar-refractivity contribution in [2.45, 2.75) is 31.2 Å². The number of hydrogen-bond donors (Lipinski definition) is 2. The molecule has 162 valence electrons. The molecule has 8 heteroatoms. The van der Waals surface area contributed by atoms with Crippen LogP contribution < -0.4 is 10.0 Å². The summed E-state index contributed by atoms with van der Waals surface area (Å²) < 4.78 is 40.4. The number of piperidine rings is 1. The van der Waals surface area contributed by atoms with Crippen LogP contribution in [0.25, 0.3) is 0 Å². The molecule has 0 radical (unpaired) electrons. The van der Waals surface area contributed by atoms with E-state index in [1.54, 1.807) is 30.3 Å². The van der Waals surface area contributed by atoms with E-state index in [2.05, 4.69) is 14.9 Å². The molecule has 0 aromatic heterocycles. The Bertz CT molecular complexity index is 964. The first-order chi connectivity index (χ1) is 14.3. The van der Waals surface area contributed by atoms with E-state index in [0.29, 0.717) is 13.1 Å². The molecule has 0 saturated carbocycles. The minimum Gasteiger partial charge on any atom is -0.355 e. The zero-order valence-corrected chi connectivity index (χ0v) is 17.9. The molecule has 1 fully saturated rings. The van der Waals surface area contributed by atoms with Crippen LogP contribution in [0.15, 0.2) is 53.4 Å². The van der Waals surface area contributed by atoms with E-state index < -0.39 is 10.0 Å². The SMILES string of the molecule is Cc1ccc(S(=O)(=O)NCCNC(=O)C2CCCN(Cc3cccc(F)c3)C2)cc1. The molecule has 6 nitrogen and oxygen atoms in total. The summed E-state index contributed by atoms with van der Waals surface area (Å²) in [6.07, 6.45) is 1.69. The van der Waals surface area contributed by atoms with Crippen molar-refractivity contribution in [3.8, 4) is 0 Å². The van der Waals surface area contributed by atoms with E-state index in [9.17, 15) is 17.6 Å². The third-order valence-corrected chi connectivity index (χ3v) is 6.70. The van der Waals surface area contributed by atoms with Crippen LogP contribution in [0.4, 0.5) is 4.39 Å². The second-order valence-electron chi connectivity index (χ2n) is 7.71. The average Bonchev–Trinajstić information content (AvgIpc) is 2.71. The van der Waals surface area contributed by atoms with Crippen LogP contribution in [-0.4, -0.2) is 45.4 Å². The maximum Gasteiger partial charge on any atom is 0.240 e. The molecule has 1 unspecified atom stereocenters. The average molecular weight is 434 g/mol. The van der Waals surface area contributed by atoms with Crippen molar-refractivity contribution in [1.29, 1.82) is 0 Å². The summed E-state index contributed by atoms with van der Waals surface area (Å²) in [6, 6.07) is 13.1. The highest BCUT2D eigenvalue weighted by Gasteiger charge is 2.25. The van der Waals surface area contributed by atoms with Crippen molar-refractivity contribution in [2.24, 2.45) is 5.92 Å². The van der Waals surface area contributed by atoms with Crippen LogP contribution >= 0.6 is 0 Å². The van der Waals surface area contributed by atoms with Crippen molar-refractivity contribution in [3.63, 3.8) is 0 Å². The van der Waals surface area contributed by atoms with E-state index in [0.717, 1.165) is 30.5 Å². The zero-order chi connectivity index (χ0) is 21.6. The molecule has 1 heterocycles. The van der Waals surface area contributed by atoms with Gasteiger partial charge in [-0.2, -0.15) is 0 Å². The van der Waals surface area contributed by atoms with Gasteiger partial charge in [-0.05, 0) is 56.1 Å². The van der Waals surface area contributed by atoms with Gasteiger partial charge in [0.25, 0.3) is 0 Å². The first-order valence-corrected chi connectivity index (χ1v) is 11.6. The minimum absolute atomic E-state index is 0.0755. The highest BCUT2D eigenvalue weighted by atomic mass is 32.2. The third kappa shape index (κ3) is 6.35. The standard InChI is InChI=1S/C22H28FN3O3S/c1-17-7-9-21(10-8-17)30(28,29)25-12-11-24-22(27)19-5-3-13-26(16-19)15-18-4-2-6-20(23)14-18/h2,4,6-10,14,19,25H,3,5,11-13,15-16H2,1H3,(H,24,27). The second kappa shape index (κ2) is 10.1. The molecule has 1 aliphatic heterocycles. The maximum atomic E-state index is 13.4. The quantitative estimate of drug-likeness (QED) is 0.627. The van der Waals surface area contributed by atoms with Gasteiger partial charge in [0.15, 0.2) is 0 Å². The monoisotopic (exact) mass is 433 g/mol. The van der Waals surface area contributed by atoms with E-state index >= 15 is 0 Å². The second-order valence-corrected chi connectivity index (χ2v) is 9.47. The molecule has 2 N–H and O–H groups in total. The Morgan fingerprint density at radius 2 is 1.93 bits per heavy atom. The maximum absolute atomic E-state index is 13.4. The van der Waals surface area contributed by atoms with Gasteiger partial charge in [-0.1, -0.05) is 29.8 Å². The lowest BCUT2D eigenvalue weighted by Crippen LogP contribution is -2.44. The number of halogens is 1. The molecule has 2 aromatic carbocycles. The molecular formula is C22H28FN3O3S. The summed E-state index contributed by atoms with van der Waals surface area (Å²) in [4.78, 5) is 14.9. The number of amides is 1. The van der Waals surface area contributed by atoms with Gasteiger partial charge in [-0.25, -0.2) is 17.5 Å². The Morgan fingerprint density at radius 1 is 1.17 bits per heavy atom. The molecule has 0 spiro atoms. The summed E-state index contributed by atoms with van der Waals surface area (Å²) in [5.41, 5.74) is 1.88. The van der Waals surface area contributed by atoms with E-state index in [1.165, 1.54) is 12.1 Å². The van der Waals surface area contributed by atoms with Crippen LogP contribution in [-0.2, 0) is 21.4 Å². The summed E-state index contributed by atoms with van der Waals surface area (Å²) in [5, 5.41) is 2.83. The Labute approximate surface area is 177 Å². The molecule has 2 aromatic rings. The van der Waals surface area contributed by atoms with E-state index in [4.69, 9.17) is 0 Å². The number of sulfonamides is 1. The van der Waals surface area contributed by atoms with Crippen molar-refractivity contribution in [1.82, 2.24) is 14.9 Å². The normalized spacial score (nSPS) is 17.6. The number of likely N-dealkylation sites (tertiary alicyclic amines) is 1. The minimum atomic E-state index is -3.59.